The van der Waals surface area contributed by atoms with Crippen LogP contribution >= 0.6 is 0 Å². The van der Waals surface area contributed by atoms with Crippen molar-refractivity contribution in [2.24, 2.45) is 0 Å². The van der Waals surface area contributed by atoms with Crippen LogP contribution in [-0.2, 0) is 52.4 Å². The Labute approximate surface area is 568 Å². The summed E-state index contributed by atoms with van der Waals surface area (Å²) in [7, 11) is 0. The van der Waals surface area contributed by atoms with E-state index in [2.05, 4.69) is 29.3 Å². The Kier molecular flexibility index (Phi) is 29.0. The lowest BCUT2D eigenvalue weighted by atomic mass is 10.0. The molecule has 502 valence electrons. The number of esters is 4. The molecule has 5 atom stereocenters. The fourth-order valence-electron chi connectivity index (χ4n) is 10.8. The Morgan fingerprint density at radius 1 is 0.381 bits per heavy atom. The van der Waals surface area contributed by atoms with Crippen LogP contribution < -0.4 is 24.5 Å². The minimum atomic E-state index is -2.38. The third-order valence-corrected chi connectivity index (χ3v) is 16.2. The van der Waals surface area contributed by atoms with Gasteiger partial charge in [-0.1, -0.05) is 60.7 Å². The van der Waals surface area contributed by atoms with Gasteiger partial charge in [0.05, 0.1) is 12.1 Å². The summed E-state index contributed by atoms with van der Waals surface area (Å²) >= 11 is 0. The number of carbonyl (C=O) groups is 5. The number of Topliss-reactive ketones (excluding diaryl/α,β-unsaturated/α-hetero) is 1. The molecule has 1 aliphatic heterocycles. The molecule has 0 aliphatic carbocycles. The van der Waals surface area contributed by atoms with Crippen LogP contribution in [0.5, 0.6) is 0 Å². The van der Waals surface area contributed by atoms with Crippen LogP contribution in [0.3, 0.4) is 0 Å². The summed E-state index contributed by atoms with van der Waals surface area (Å²) in [6.07, 6.45) is -5.38. The molecular formula is C76H82N10O11. The molecule has 21 nitrogen and oxygen atoms in total. The van der Waals surface area contributed by atoms with E-state index >= 15 is 0 Å². The molecule has 1 fully saturated rings. The van der Waals surface area contributed by atoms with Gasteiger partial charge in [-0.25, -0.2) is 19.2 Å². The topological polar surface area (TPSA) is 256 Å². The minimum Gasteiger partial charge on any atom is -0.458 e. The molecule has 6 rings (SSSR count). The lowest BCUT2D eigenvalue weighted by molar-refractivity contribution is -0.341. The maximum absolute atomic E-state index is 15.0. The summed E-state index contributed by atoms with van der Waals surface area (Å²) in [6.45, 7) is 34.1. The van der Waals surface area contributed by atoms with Crippen LogP contribution in [0, 0.1) is 51.9 Å². The van der Waals surface area contributed by atoms with Crippen LogP contribution in [-0.4, -0.2) is 133 Å². The first-order valence-corrected chi connectivity index (χ1v) is 32.4. The molecule has 0 N–H and O–H groups in total. The van der Waals surface area contributed by atoms with Gasteiger partial charge in [0.15, 0.2) is 18.0 Å². The van der Waals surface area contributed by atoms with Gasteiger partial charge in [-0.2, -0.15) is 21.0 Å². The lowest BCUT2D eigenvalue weighted by Crippen LogP contribution is -2.63. The molecule has 0 spiro atoms. The molecule has 1 saturated heterocycles. The zero-order valence-electron chi connectivity index (χ0n) is 56.6. The highest BCUT2D eigenvalue weighted by Crippen LogP contribution is 2.34. The van der Waals surface area contributed by atoms with Gasteiger partial charge in [-0.3, -0.25) is 9.59 Å². The van der Waals surface area contributed by atoms with E-state index in [1.165, 1.54) is 30.4 Å². The van der Waals surface area contributed by atoms with Gasteiger partial charge >= 0.3 is 23.9 Å². The zero-order chi connectivity index (χ0) is 70.6. The first kappa shape index (κ1) is 74.8. The Bertz CT molecular complexity index is 3900. The highest BCUT2D eigenvalue weighted by Gasteiger charge is 2.55. The summed E-state index contributed by atoms with van der Waals surface area (Å²) in [4.78, 5) is 87.5. The van der Waals surface area contributed by atoms with Crippen LogP contribution in [0.25, 0.3) is 35.2 Å². The molecule has 0 radical (unpaired) electrons. The average Bonchev–Trinajstić information content (AvgIpc) is 0.780. The number of hydrogen-bond acceptors (Lipinski definition) is 20. The van der Waals surface area contributed by atoms with Crippen LogP contribution in [0.1, 0.15) is 97.1 Å². The van der Waals surface area contributed by atoms with Crippen molar-refractivity contribution < 1.29 is 52.4 Å². The fourth-order valence-corrected chi connectivity index (χ4v) is 10.8. The van der Waals surface area contributed by atoms with Crippen molar-refractivity contribution >= 4 is 88.5 Å². The number of rotatable bonds is 32. The van der Waals surface area contributed by atoms with Gasteiger partial charge in [-0.15, -0.1) is 0 Å². The first-order valence-electron chi connectivity index (χ1n) is 32.4. The summed E-state index contributed by atoms with van der Waals surface area (Å²) < 4.78 is 36.9. The van der Waals surface area contributed by atoms with Gasteiger partial charge in [0.25, 0.3) is 5.70 Å². The maximum atomic E-state index is 15.0. The van der Waals surface area contributed by atoms with Crippen LogP contribution in [0.2, 0.25) is 0 Å². The van der Waals surface area contributed by atoms with Crippen molar-refractivity contribution in [3.8, 4) is 24.3 Å². The third-order valence-electron chi connectivity index (χ3n) is 16.2. The van der Waals surface area contributed by atoms with Crippen LogP contribution in [0.15, 0.2) is 149 Å². The Balaban J connectivity index is 1.57. The zero-order valence-corrected chi connectivity index (χ0v) is 56.6. The number of nitrogens with zero attached hydrogens (tertiary/aromatic N) is 10. The van der Waals surface area contributed by atoms with E-state index in [9.17, 15) is 45.0 Å². The van der Waals surface area contributed by atoms with Crippen molar-refractivity contribution in [3.63, 3.8) is 0 Å². The molecular weight excluding hydrogens is 1230 g/mol. The molecule has 5 aromatic rings. The summed E-state index contributed by atoms with van der Waals surface area (Å²) in [5.74, 6) is -6.62. The Morgan fingerprint density at radius 2 is 0.639 bits per heavy atom. The van der Waals surface area contributed by atoms with Gasteiger partial charge in [-0.05, 0) is 188 Å². The molecule has 21 heteroatoms. The first-order chi connectivity index (χ1) is 46.9. The molecule has 5 unspecified atom stereocenters. The monoisotopic (exact) mass is 1310 g/mol. The SMILES string of the molecule is [C-]#[N+]/C(=C\c1ccc(N(CC)CC)cc1)C(=O)OC1C(OCC(=O)/C(C#N)=C/c2ccc(N(CC)CC)cc2)OC(OC(=O)/C(C#N)=C/c2ccc(N(CC)CC)cc2)C(OC(=O)/C(C#N)=C/c2ccc(N(CC)CC)cc2)C1OC(=O)/C(C#N)=C/c1ccc(N(CC)CC)cc1. The Morgan fingerprint density at radius 3 is 0.928 bits per heavy atom. The second-order valence-electron chi connectivity index (χ2n) is 21.8. The maximum Gasteiger partial charge on any atom is 0.351 e. The average molecular weight is 1310 g/mol. The molecule has 1 heterocycles. The van der Waals surface area contributed by atoms with Gasteiger partial charge in [0.2, 0.25) is 18.7 Å². The minimum absolute atomic E-state index is 0.361. The molecule has 0 amide bonds. The normalized spacial score (nSPS) is 16.3. The summed E-state index contributed by atoms with van der Waals surface area (Å²) in [6, 6.07) is 42.1. The van der Waals surface area contributed by atoms with E-state index in [1.54, 1.807) is 109 Å². The lowest BCUT2D eigenvalue weighted by Gasteiger charge is -2.43. The summed E-state index contributed by atoms with van der Waals surface area (Å²) in [5, 5.41) is 42.5. The molecule has 5 aromatic carbocycles. The standard InChI is InChI=1S/C76H82N10O11/c1-12-82(13-2)61-32-22-52(23-33-61)42-57(47-77)67(87)51-92-75-69(95-74(91)66(81-11)46-56-30-40-65(41-31-56)86(20-9)21-10)68(93-71(88)58(48-78)43-53-24-34-62(35-25-53)83(14-3)15-4)70(94-72(89)59(49-79)44-54-26-36-63(37-27-54)84(16-5)17-6)76(97-75)96-73(90)60(50-80)45-55-28-38-64(39-29-55)85(18-7)19-8/h22-46,68-70,75-76H,12-21,51H2,1-10H3/b57-42+,58-43+,59-44+,60-45+,66-46-. The second-order valence-corrected chi connectivity index (χ2v) is 21.8. The number of anilines is 5. The van der Waals surface area contributed by atoms with Gasteiger partial charge in [0, 0.05) is 93.9 Å². The predicted octanol–water partition coefficient (Wildman–Crippen LogP) is 12.2. The second kappa shape index (κ2) is 37.6. The molecule has 0 saturated carbocycles. The molecule has 1 aliphatic rings. The number of ether oxygens (including phenoxy) is 6. The van der Waals surface area contributed by atoms with Gasteiger partial charge in [0.1, 0.15) is 47.6 Å². The van der Waals surface area contributed by atoms with Crippen molar-refractivity contribution in [3.05, 3.63) is 189 Å². The van der Waals surface area contributed by atoms with E-state index in [0.717, 1.165) is 41.5 Å². The fraction of sp³-hybridized carbons (Fsp3) is 0.342. The van der Waals surface area contributed by atoms with Crippen molar-refractivity contribution in [2.45, 2.75) is 100 Å². The number of ketones is 1. The summed E-state index contributed by atoms with van der Waals surface area (Å²) in [5.41, 5.74) is 3.28. The van der Waals surface area contributed by atoms with E-state index in [-0.39, 0.29) is 0 Å². The van der Waals surface area contributed by atoms with Gasteiger partial charge < -0.3 is 52.9 Å². The van der Waals surface area contributed by atoms with Crippen molar-refractivity contribution in [1.82, 2.24) is 0 Å². The number of hydrogen-bond donors (Lipinski definition) is 0. The highest BCUT2D eigenvalue weighted by molar-refractivity contribution is 6.04. The van der Waals surface area contributed by atoms with Crippen LogP contribution in [0.4, 0.5) is 28.4 Å². The molecule has 0 aromatic heterocycles. The largest absolute Gasteiger partial charge is 0.458 e. The number of carbonyl (C=O) groups excluding carboxylic acids is 5. The van der Waals surface area contributed by atoms with E-state index in [0.29, 0.717) is 80.2 Å². The van der Waals surface area contributed by atoms with E-state index in [4.69, 9.17) is 35.0 Å². The van der Waals surface area contributed by atoms with E-state index < -0.39 is 95.1 Å². The third kappa shape index (κ3) is 20.1. The number of nitriles is 4. The highest BCUT2D eigenvalue weighted by atomic mass is 16.8. The Hall–Kier alpha value is -11.3. The quantitative estimate of drug-likeness (QED) is 0.0127. The predicted molar refractivity (Wildman–Crippen MR) is 374 cm³/mol. The molecule has 0 bridgehead atoms. The number of benzene rings is 5. The smallest absolute Gasteiger partial charge is 0.351 e. The van der Waals surface area contributed by atoms with Crippen molar-refractivity contribution in [1.29, 1.82) is 21.0 Å². The molecule has 97 heavy (non-hydrogen) atoms. The van der Waals surface area contributed by atoms with Crippen molar-refractivity contribution in [2.75, 3.05) is 96.6 Å². The van der Waals surface area contributed by atoms with E-state index in [1.807, 2.05) is 106 Å².